The average Bonchev–Trinajstić information content (AvgIpc) is 3.23. The summed E-state index contributed by atoms with van der Waals surface area (Å²) in [5.41, 5.74) is 0.916. The number of fused-ring (bicyclic) bond motifs is 1. The molecule has 0 saturated heterocycles. The Balaban J connectivity index is 2.02. The number of pyridine rings is 1. The number of rotatable bonds is 4. The summed E-state index contributed by atoms with van der Waals surface area (Å²) in [6.07, 6.45) is 5.21. The van der Waals surface area contributed by atoms with Gasteiger partial charge in [-0.2, -0.15) is 0 Å². The van der Waals surface area contributed by atoms with Crippen LogP contribution in [0.4, 0.5) is 0 Å². The fourth-order valence-electron chi connectivity index (χ4n) is 2.58. The van der Waals surface area contributed by atoms with E-state index in [9.17, 15) is 5.11 Å². The number of ether oxygens (including phenoxy) is 1. The first kappa shape index (κ1) is 11.6. The van der Waals surface area contributed by atoms with Crippen molar-refractivity contribution >= 4 is 10.8 Å². The van der Waals surface area contributed by atoms with Gasteiger partial charge in [-0.05, 0) is 35.8 Å². The Morgan fingerprint density at radius 2 is 2.17 bits per heavy atom. The van der Waals surface area contributed by atoms with Gasteiger partial charge in [0.1, 0.15) is 6.10 Å². The molecular formula is C15H17NO2. The molecule has 0 aliphatic heterocycles. The number of methoxy groups -OCH3 is 1. The summed E-state index contributed by atoms with van der Waals surface area (Å²) in [5.74, 6) is 0.497. The van der Waals surface area contributed by atoms with Crippen LogP contribution in [0, 0.1) is 5.92 Å². The molecule has 1 aliphatic carbocycles. The minimum Gasteiger partial charge on any atom is -0.386 e. The fraction of sp³-hybridized carbons (Fsp3) is 0.400. The Morgan fingerprint density at radius 3 is 2.89 bits per heavy atom. The molecule has 1 aromatic heterocycles. The highest BCUT2D eigenvalue weighted by atomic mass is 16.5. The van der Waals surface area contributed by atoms with Crippen molar-refractivity contribution in [1.82, 2.24) is 4.98 Å². The highest BCUT2D eigenvalue weighted by Gasteiger charge is 2.37. The SMILES string of the molecule is COC(C1CC1)C(O)c1cccc2ccncc12. The van der Waals surface area contributed by atoms with E-state index in [1.165, 1.54) is 0 Å². The first-order chi connectivity index (χ1) is 8.81. The van der Waals surface area contributed by atoms with Gasteiger partial charge in [0, 0.05) is 24.9 Å². The molecular weight excluding hydrogens is 226 g/mol. The van der Waals surface area contributed by atoms with Gasteiger partial charge < -0.3 is 9.84 Å². The third-order valence-electron chi connectivity index (χ3n) is 3.71. The Hall–Kier alpha value is -1.45. The molecule has 18 heavy (non-hydrogen) atoms. The second-order valence-electron chi connectivity index (χ2n) is 4.93. The van der Waals surface area contributed by atoms with Gasteiger partial charge >= 0.3 is 0 Å². The number of hydrogen-bond acceptors (Lipinski definition) is 3. The second-order valence-corrected chi connectivity index (χ2v) is 4.93. The minimum absolute atomic E-state index is 0.101. The summed E-state index contributed by atoms with van der Waals surface area (Å²) in [5, 5.41) is 12.6. The molecule has 3 heteroatoms. The van der Waals surface area contributed by atoms with E-state index < -0.39 is 6.10 Å². The van der Waals surface area contributed by atoms with Crippen LogP contribution < -0.4 is 0 Å². The van der Waals surface area contributed by atoms with Gasteiger partial charge in [-0.3, -0.25) is 4.98 Å². The number of aliphatic hydroxyl groups is 1. The number of benzene rings is 1. The van der Waals surface area contributed by atoms with Crippen LogP contribution >= 0.6 is 0 Å². The van der Waals surface area contributed by atoms with Gasteiger partial charge in [0.05, 0.1) is 6.10 Å². The molecule has 0 radical (unpaired) electrons. The number of aliphatic hydroxyl groups excluding tert-OH is 1. The van der Waals surface area contributed by atoms with Crippen LogP contribution in [0.1, 0.15) is 24.5 Å². The first-order valence-corrected chi connectivity index (χ1v) is 6.35. The zero-order valence-corrected chi connectivity index (χ0v) is 10.4. The van der Waals surface area contributed by atoms with Crippen molar-refractivity contribution in [3.05, 3.63) is 42.2 Å². The smallest absolute Gasteiger partial charge is 0.106 e. The molecule has 1 aliphatic rings. The Kier molecular flexibility index (Phi) is 3.02. The van der Waals surface area contributed by atoms with Crippen molar-refractivity contribution in [3.8, 4) is 0 Å². The first-order valence-electron chi connectivity index (χ1n) is 6.35. The molecule has 1 N–H and O–H groups in total. The van der Waals surface area contributed by atoms with E-state index in [-0.39, 0.29) is 6.10 Å². The molecule has 0 amide bonds. The molecule has 0 spiro atoms. The quantitative estimate of drug-likeness (QED) is 0.897. The molecule has 3 nitrogen and oxygen atoms in total. The zero-order valence-electron chi connectivity index (χ0n) is 10.4. The Morgan fingerprint density at radius 1 is 1.33 bits per heavy atom. The van der Waals surface area contributed by atoms with E-state index in [1.807, 2.05) is 30.5 Å². The van der Waals surface area contributed by atoms with Crippen molar-refractivity contribution in [2.75, 3.05) is 7.11 Å². The van der Waals surface area contributed by atoms with Crippen molar-refractivity contribution in [2.24, 2.45) is 5.92 Å². The van der Waals surface area contributed by atoms with Gasteiger partial charge in [-0.1, -0.05) is 18.2 Å². The van der Waals surface area contributed by atoms with E-state index >= 15 is 0 Å². The van der Waals surface area contributed by atoms with Crippen LogP contribution in [0.2, 0.25) is 0 Å². The summed E-state index contributed by atoms with van der Waals surface area (Å²) < 4.78 is 5.47. The van der Waals surface area contributed by atoms with E-state index in [0.717, 1.165) is 29.2 Å². The van der Waals surface area contributed by atoms with Gasteiger partial charge in [0.2, 0.25) is 0 Å². The summed E-state index contributed by atoms with van der Waals surface area (Å²) in [7, 11) is 1.68. The van der Waals surface area contributed by atoms with Crippen molar-refractivity contribution in [1.29, 1.82) is 0 Å². The molecule has 3 rings (SSSR count). The van der Waals surface area contributed by atoms with Crippen LogP contribution in [-0.4, -0.2) is 23.3 Å². The maximum atomic E-state index is 10.5. The number of aromatic nitrogens is 1. The largest absolute Gasteiger partial charge is 0.386 e. The van der Waals surface area contributed by atoms with Gasteiger partial charge in [-0.25, -0.2) is 0 Å². The van der Waals surface area contributed by atoms with Crippen molar-refractivity contribution in [3.63, 3.8) is 0 Å². The maximum Gasteiger partial charge on any atom is 0.106 e. The number of nitrogens with zero attached hydrogens (tertiary/aromatic N) is 1. The van der Waals surface area contributed by atoms with E-state index in [4.69, 9.17) is 4.74 Å². The van der Waals surface area contributed by atoms with Crippen LogP contribution in [0.3, 0.4) is 0 Å². The number of hydrogen-bond donors (Lipinski definition) is 1. The van der Waals surface area contributed by atoms with Crippen LogP contribution in [0.15, 0.2) is 36.7 Å². The molecule has 0 bridgehead atoms. The standard InChI is InChI=1S/C15H17NO2/c1-18-15(11-5-6-11)14(17)12-4-2-3-10-7-8-16-9-13(10)12/h2-4,7-9,11,14-15,17H,5-6H2,1H3. The van der Waals surface area contributed by atoms with Crippen LogP contribution in [-0.2, 0) is 4.74 Å². The predicted octanol–water partition coefficient (Wildman–Crippen LogP) is 2.69. The van der Waals surface area contributed by atoms with Crippen LogP contribution in [0.5, 0.6) is 0 Å². The summed E-state index contributed by atoms with van der Waals surface area (Å²) in [4.78, 5) is 4.15. The highest BCUT2D eigenvalue weighted by molar-refractivity contribution is 5.85. The summed E-state index contributed by atoms with van der Waals surface area (Å²) >= 11 is 0. The third kappa shape index (κ3) is 2.00. The van der Waals surface area contributed by atoms with Gasteiger partial charge in [0.25, 0.3) is 0 Å². The molecule has 1 fully saturated rings. The van der Waals surface area contributed by atoms with Crippen LogP contribution in [0.25, 0.3) is 10.8 Å². The highest BCUT2D eigenvalue weighted by Crippen LogP contribution is 2.40. The van der Waals surface area contributed by atoms with E-state index in [2.05, 4.69) is 4.98 Å². The average molecular weight is 243 g/mol. The molecule has 1 saturated carbocycles. The lowest BCUT2D eigenvalue weighted by atomic mass is 9.96. The zero-order chi connectivity index (χ0) is 12.5. The summed E-state index contributed by atoms with van der Waals surface area (Å²) in [6, 6.07) is 7.93. The molecule has 1 aromatic carbocycles. The molecule has 2 atom stereocenters. The van der Waals surface area contributed by atoms with Gasteiger partial charge in [0.15, 0.2) is 0 Å². The minimum atomic E-state index is -0.574. The molecule has 2 aromatic rings. The Labute approximate surface area is 106 Å². The lowest BCUT2D eigenvalue weighted by molar-refractivity contribution is -0.0252. The monoisotopic (exact) mass is 243 g/mol. The predicted molar refractivity (Wildman–Crippen MR) is 70.2 cm³/mol. The second kappa shape index (κ2) is 4.67. The normalized spacial score (nSPS) is 18.8. The topological polar surface area (TPSA) is 42.4 Å². The third-order valence-corrected chi connectivity index (χ3v) is 3.71. The fourth-order valence-corrected chi connectivity index (χ4v) is 2.58. The van der Waals surface area contributed by atoms with E-state index in [1.54, 1.807) is 13.3 Å². The molecule has 1 heterocycles. The van der Waals surface area contributed by atoms with E-state index in [0.29, 0.717) is 5.92 Å². The Bertz CT molecular complexity index is 546. The van der Waals surface area contributed by atoms with Crippen molar-refractivity contribution in [2.45, 2.75) is 25.0 Å². The molecule has 94 valence electrons. The lowest BCUT2D eigenvalue weighted by Gasteiger charge is -2.22. The van der Waals surface area contributed by atoms with Gasteiger partial charge in [-0.15, -0.1) is 0 Å². The molecule has 2 unspecified atom stereocenters. The summed E-state index contributed by atoms with van der Waals surface area (Å²) in [6.45, 7) is 0. The lowest BCUT2D eigenvalue weighted by Crippen LogP contribution is -2.23. The van der Waals surface area contributed by atoms with Crippen molar-refractivity contribution < 1.29 is 9.84 Å². The maximum absolute atomic E-state index is 10.5.